The van der Waals surface area contributed by atoms with Crippen molar-refractivity contribution in [2.45, 2.75) is 12.8 Å². The van der Waals surface area contributed by atoms with Crippen molar-refractivity contribution in [3.63, 3.8) is 0 Å². The van der Waals surface area contributed by atoms with Crippen molar-refractivity contribution in [3.8, 4) is 11.6 Å². The Balaban J connectivity index is 2.01. The van der Waals surface area contributed by atoms with Gasteiger partial charge in [0.15, 0.2) is 0 Å². The van der Waals surface area contributed by atoms with Gasteiger partial charge in [-0.25, -0.2) is 4.68 Å². The minimum absolute atomic E-state index is 0.391. The predicted octanol–water partition coefficient (Wildman–Crippen LogP) is 4.41. The highest BCUT2D eigenvalue weighted by atomic mass is 35.5. The summed E-state index contributed by atoms with van der Waals surface area (Å²) in [7, 11) is 1.86. The number of fused-ring (bicyclic) bond motifs is 1. The molecule has 0 saturated heterocycles. The molecule has 2 aromatic carbocycles. The van der Waals surface area contributed by atoms with E-state index in [1.54, 1.807) is 4.68 Å². The third-order valence-electron chi connectivity index (χ3n) is 3.36. The van der Waals surface area contributed by atoms with Gasteiger partial charge in [-0.3, -0.25) is 0 Å². The Bertz CT molecular complexity index is 764. The number of aromatic nitrogens is 2. The molecule has 0 aliphatic heterocycles. The van der Waals surface area contributed by atoms with E-state index in [2.05, 4.69) is 17.2 Å². The molecule has 0 aliphatic rings. The van der Waals surface area contributed by atoms with Crippen LogP contribution in [0.25, 0.3) is 10.8 Å². The average molecular weight is 287 g/mol. The van der Waals surface area contributed by atoms with E-state index in [-0.39, 0.29) is 0 Å². The molecule has 3 nitrogen and oxygen atoms in total. The van der Waals surface area contributed by atoms with Crippen molar-refractivity contribution in [1.29, 1.82) is 0 Å². The van der Waals surface area contributed by atoms with Gasteiger partial charge in [0.05, 0.1) is 17.1 Å². The molecule has 0 aliphatic carbocycles. The van der Waals surface area contributed by atoms with Gasteiger partial charge < -0.3 is 4.74 Å². The summed E-state index contributed by atoms with van der Waals surface area (Å²) in [4.78, 5) is 0. The second-order valence-corrected chi connectivity index (χ2v) is 5.00. The van der Waals surface area contributed by atoms with Crippen molar-refractivity contribution in [3.05, 3.63) is 53.7 Å². The number of hydrogen-bond acceptors (Lipinski definition) is 2. The van der Waals surface area contributed by atoms with Crippen LogP contribution in [0.4, 0.5) is 0 Å². The standard InChI is InChI=1S/C16H15ClN2O/c1-11-15(10-17)16(19(2)18-11)20-14-8-7-12-5-3-4-6-13(12)9-14/h3-9H,10H2,1-2H3. The molecule has 3 rings (SSSR count). The van der Waals surface area contributed by atoms with Gasteiger partial charge in [-0.2, -0.15) is 5.10 Å². The fourth-order valence-corrected chi connectivity index (χ4v) is 2.61. The smallest absolute Gasteiger partial charge is 0.222 e. The van der Waals surface area contributed by atoms with Crippen LogP contribution in [-0.4, -0.2) is 9.78 Å². The van der Waals surface area contributed by atoms with Crippen LogP contribution in [0.5, 0.6) is 11.6 Å². The van der Waals surface area contributed by atoms with E-state index in [0.717, 1.165) is 22.4 Å². The van der Waals surface area contributed by atoms with Gasteiger partial charge in [0.1, 0.15) is 5.75 Å². The van der Waals surface area contributed by atoms with E-state index in [1.165, 1.54) is 5.39 Å². The van der Waals surface area contributed by atoms with E-state index in [1.807, 2.05) is 44.3 Å². The fourth-order valence-electron chi connectivity index (χ4n) is 2.30. The van der Waals surface area contributed by atoms with Gasteiger partial charge in [0.2, 0.25) is 5.88 Å². The average Bonchev–Trinajstić information content (AvgIpc) is 2.72. The summed E-state index contributed by atoms with van der Waals surface area (Å²) in [6.07, 6.45) is 0. The lowest BCUT2D eigenvalue weighted by molar-refractivity contribution is 0.428. The molecule has 0 atom stereocenters. The normalized spacial score (nSPS) is 10.9. The quantitative estimate of drug-likeness (QED) is 0.667. The summed E-state index contributed by atoms with van der Waals surface area (Å²) in [6.45, 7) is 1.94. The fraction of sp³-hybridized carbons (Fsp3) is 0.188. The topological polar surface area (TPSA) is 27.1 Å². The van der Waals surface area contributed by atoms with Crippen LogP contribution in [0.15, 0.2) is 42.5 Å². The summed E-state index contributed by atoms with van der Waals surface area (Å²) >= 11 is 5.98. The monoisotopic (exact) mass is 286 g/mol. The molecule has 20 heavy (non-hydrogen) atoms. The Kier molecular flexibility index (Phi) is 3.36. The molecular weight excluding hydrogens is 272 g/mol. The van der Waals surface area contributed by atoms with E-state index >= 15 is 0 Å². The van der Waals surface area contributed by atoms with Gasteiger partial charge in [-0.15, -0.1) is 11.6 Å². The lowest BCUT2D eigenvalue weighted by atomic mass is 10.1. The number of rotatable bonds is 3. The summed E-state index contributed by atoms with van der Waals surface area (Å²) in [5.74, 6) is 1.88. The number of hydrogen-bond donors (Lipinski definition) is 0. The molecule has 0 fully saturated rings. The molecule has 1 aromatic heterocycles. The second kappa shape index (κ2) is 5.17. The number of benzene rings is 2. The summed E-state index contributed by atoms with van der Waals surface area (Å²) in [5.41, 5.74) is 1.83. The molecule has 0 amide bonds. The van der Waals surface area contributed by atoms with E-state index in [4.69, 9.17) is 16.3 Å². The van der Waals surface area contributed by atoms with Crippen molar-refractivity contribution in [1.82, 2.24) is 9.78 Å². The zero-order chi connectivity index (χ0) is 14.1. The number of aryl methyl sites for hydroxylation is 2. The molecule has 3 aromatic rings. The van der Waals surface area contributed by atoms with Crippen molar-refractivity contribution in [2.75, 3.05) is 0 Å². The Morgan fingerprint density at radius 1 is 1.15 bits per heavy atom. The zero-order valence-electron chi connectivity index (χ0n) is 11.4. The molecular formula is C16H15ClN2O. The number of nitrogens with zero attached hydrogens (tertiary/aromatic N) is 2. The van der Waals surface area contributed by atoms with Crippen LogP contribution in [0, 0.1) is 6.92 Å². The molecule has 0 unspecified atom stereocenters. The maximum Gasteiger partial charge on any atom is 0.222 e. The SMILES string of the molecule is Cc1nn(C)c(Oc2ccc3ccccc3c2)c1CCl. The van der Waals surface area contributed by atoms with Crippen LogP contribution < -0.4 is 4.74 Å². The first-order valence-electron chi connectivity index (χ1n) is 6.44. The minimum Gasteiger partial charge on any atom is -0.439 e. The van der Waals surface area contributed by atoms with E-state index < -0.39 is 0 Å². The Morgan fingerprint density at radius 2 is 1.90 bits per heavy atom. The lowest BCUT2D eigenvalue weighted by Gasteiger charge is -2.08. The van der Waals surface area contributed by atoms with Crippen LogP contribution in [0.2, 0.25) is 0 Å². The van der Waals surface area contributed by atoms with Crippen LogP contribution >= 0.6 is 11.6 Å². The van der Waals surface area contributed by atoms with Gasteiger partial charge >= 0.3 is 0 Å². The molecule has 0 spiro atoms. The first-order chi connectivity index (χ1) is 9.69. The van der Waals surface area contributed by atoms with Crippen molar-refractivity contribution < 1.29 is 4.74 Å². The molecule has 1 heterocycles. The first kappa shape index (κ1) is 13.0. The largest absolute Gasteiger partial charge is 0.439 e. The maximum atomic E-state index is 5.98. The highest BCUT2D eigenvalue weighted by Crippen LogP contribution is 2.30. The summed E-state index contributed by atoms with van der Waals surface area (Å²) in [5, 5.41) is 6.69. The summed E-state index contributed by atoms with van der Waals surface area (Å²) in [6, 6.07) is 14.2. The Hall–Kier alpha value is -2.00. The zero-order valence-corrected chi connectivity index (χ0v) is 12.2. The van der Waals surface area contributed by atoms with Crippen LogP contribution in [-0.2, 0) is 12.9 Å². The molecule has 0 bridgehead atoms. The van der Waals surface area contributed by atoms with Gasteiger partial charge in [0, 0.05) is 7.05 Å². The third-order valence-corrected chi connectivity index (χ3v) is 3.63. The molecule has 102 valence electrons. The number of halogens is 1. The second-order valence-electron chi connectivity index (χ2n) is 4.74. The number of alkyl halides is 1. The van der Waals surface area contributed by atoms with Gasteiger partial charge in [-0.05, 0) is 29.8 Å². The first-order valence-corrected chi connectivity index (χ1v) is 6.97. The summed E-state index contributed by atoms with van der Waals surface area (Å²) < 4.78 is 7.70. The van der Waals surface area contributed by atoms with Crippen molar-refractivity contribution in [2.24, 2.45) is 7.05 Å². The van der Waals surface area contributed by atoms with E-state index in [9.17, 15) is 0 Å². The maximum absolute atomic E-state index is 5.98. The minimum atomic E-state index is 0.391. The van der Waals surface area contributed by atoms with Crippen LogP contribution in [0.1, 0.15) is 11.3 Å². The van der Waals surface area contributed by atoms with E-state index in [0.29, 0.717) is 11.8 Å². The molecule has 0 N–H and O–H groups in total. The Labute approximate surface area is 122 Å². The third kappa shape index (κ3) is 2.25. The van der Waals surface area contributed by atoms with Gasteiger partial charge in [0.25, 0.3) is 0 Å². The highest BCUT2D eigenvalue weighted by molar-refractivity contribution is 6.17. The number of ether oxygens (including phenoxy) is 1. The van der Waals surface area contributed by atoms with Crippen LogP contribution in [0.3, 0.4) is 0 Å². The highest BCUT2D eigenvalue weighted by Gasteiger charge is 2.14. The lowest BCUT2D eigenvalue weighted by Crippen LogP contribution is -1.96. The molecule has 4 heteroatoms. The van der Waals surface area contributed by atoms with Crippen molar-refractivity contribution >= 4 is 22.4 Å². The van der Waals surface area contributed by atoms with Gasteiger partial charge in [-0.1, -0.05) is 30.3 Å². The Morgan fingerprint density at radius 3 is 2.65 bits per heavy atom. The molecule has 0 radical (unpaired) electrons. The predicted molar refractivity (Wildman–Crippen MR) is 81.5 cm³/mol. The molecule has 0 saturated carbocycles.